The maximum Gasteiger partial charge on any atom is 0.368 e. The topological polar surface area (TPSA) is 129 Å². The molecule has 14 heteroatoms. The number of piperidine rings is 1. The maximum atomic E-state index is 12.7. The van der Waals surface area contributed by atoms with E-state index in [4.69, 9.17) is 23.2 Å². The summed E-state index contributed by atoms with van der Waals surface area (Å²) < 4.78 is 33.5. The normalized spacial score (nSPS) is 14.5. The zero-order valence-corrected chi connectivity index (χ0v) is 18.9. The highest BCUT2D eigenvalue weighted by molar-refractivity contribution is 7.98. The second-order valence-corrected chi connectivity index (χ2v) is 9.14. The van der Waals surface area contributed by atoms with E-state index in [-0.39, 0.29) is 26.0 Å². The summed E-state index contributed by atoms with van der Waals surface area (Å²) in [5.41, 5.74) is -0.281. The molecule has 1 aromatic heterocycles. The Morgan fingerprint density at radius 1 is 1.20 bits per heavy atom. The van der Waals surface area contributed by atoms with Gasteiger partial charge < -0.3 is 4.90 Å². The van der Waals surface area contributed by atoms with Gasteiger partial charge in [-0.05, 0) is 43.7 Å². The van der Waals surface area contributed by atoms with Crippen LogP contribution in [0.25, 0.3) is 0 Å². The van der Waals surface area contributed by atoms with Crippen molar-refractivity contribution in [1.29, 1.82) is 0 Å². The van der Waals surface area contributed by atoms with Gasteiger partial charge in [-0.15, -0.1) is 0 Å². The zero-order chi connectivity index (χ0) is 21.9. The van der Waals surface area contributed by atoms with Gasteiger partial charge in [0.1, 0.15) is 0 Å². The van der Waals surface area contributed by atoms with Crippen LogP contribution in [0.3, 0.4) is 0 Å². The number of amides is 2. The second-order valence-electron chi connectivity index (χ2n) is 6.26. The van der Waals surface area contributed by atoms with E-state index >= 15 is 0 Å². The third-order valence-electron chi connectivity index (χ3n) is 4.19. The minimum Gasteiger partial charge on any atom is -0.341 e. The monoisotopic (exact) mass is 492 g/mol. The molecule has 2 N–H and O–H groups in total. The lowest BCUT2D eigenvalue weighted by atomic mass is 10.1. The van der Waals surface area contributed by atoms with Gasteiger partial charge in [0.2, 0.25) is 11.9 Å². The molecular formula is C16H18Cl2N6O4S2. The SMILES string of the molecule is CSc1nc(NC(=O)N(c2ccc(Cl)cc2Cl)S(=O)(=O)O)nc(N2CCCCC2)n1. The van der Waals surface area contributed by atoms with Crippen LogP contribution in [0.15, 0.2) is 23.4 Å². The van der Waals surface area contributed by atoms with Gasteiger partial charge in [-0.3, -0.25) is 9.87 Å². The Morgan fingerprint density at radius 3 is 2.50 bits per heavy atom. The molecular weight excluding hydrogens is 475 g/mol. The van der Waals surface area contributed by atoms with Gasteiger partial charge in [0, 0.05) is 18.1 Å². The highest BCUT2D eigenvalue weighted by Gasteiger charge is 2.30. The van der Waals surface area contributed by atoms with Gasteiger partial charge >= 0.3 is 16.3 Å². The van der Waals surface area contributed by atoms with E-state index < -0.39 is 16.3 Å². The molecule has 1 aromatic carbocycles. The summed E-state index contributed by atoms with van der Waals surface area (Å²) in [7, 11) is -5.01. The summed E-state index contributed by atoms with van der Waals surface area (Å²) in [6.45, 7) is 1.53. The molecule has 1 fully saturated rings. The number of rotatable bonds is 5. The van der Waals surface area contributed by atoms with Crippen LogP contribution < -0.4 is 14.5 Å². The number of urea groups is 1. The van der Waals surface area contributed by atoms with Crippen molar-refractivity contribution in [3.63, 3.8) is 0 Å². The highest BCUT2D eigenvalue weighted by Crippen LogP contribution is 2.31. The van der Waals surface area contributed by atoms with Crippen molar-refractivity contribution in [3.05, 3.63) is 28.2 Å². The molecule has 3 rings (SSSR count). The van der Waals surface area contributed by atoms with Crippen LogP contribution in [0.1, 0.15) is 19.3 Å². The van der Waals surface area contributed by atoms with Crippen LogP contribution in [0, 0.1) is 0 Å². The van der Waals surface area contributed by atoms with Crippen LogP contribution in [0.5, 0.6) is 0 Å². The van der Waals surface area contributed by atoms with E-state index in [9.17, 15) is 17.8 Å². The lowest BCUT2D eigenvalue weighted by molar-refractivity contribution is 0.259. The minimum atomic E-state index is -5.01. The van der Waals surface area contributed by atoms with Crippen LogP contribution >= 0.6 is 35.0 Å². The number of benzene rings is 1. The first kappa shape index (κ1) is 22.8. The third-order valence-corrected chi connectivity index (χ3v) is 6.10. The lowest BCUT2D eigenvalue weighted by Gasteiger charge is -2.27. The van der Waals surface area contributed by atoms with Crippen molar-refractivity contribution in [2.45, 2.75) is 24.4 Å². The maximum absolute atomic E-state index is 12.7. The predicted octanol–water partition coefficient (Wildman–Crippen LogP) is 3.73. The van der Waals surface area contributed by atoms with Crippen molar-refractivity contribution in [3.8, 4) is 0 Å². The Kier molecular flexibility index (Phi) is 7.24. The van der Waals surface area contributed by atoms with Crippen LogP contribution in [0.4, 0.5) is 22.4 Å². The van der Waals surface area contributed by atoms with Gasteiger partial charge in [0.15, 0.2) is 5.16 Å². The first-order valence-corrected chi connectivity index (χ1v) is 12.2. The molecule has 10 nitrogen and oxygen atoms in total. The highest BCUT2D eigenvalue weighted by atomic mass is 35.5. The fourth-order valence-electron chi connectivity index (χ4n) is 2.86. The van der Waals surface area contributed by atoms with Gasteiger partial charge in [-0.1, -0.05) is 35.0 Å². The molecule has 0 spiro atoms. The summed E-state index contributed by atoms with van der Waals surface area (Å²) in [5, 5.41) is 2.73. The molecule has 0 unspecified atom stereocenters. The van der Waals surface area contributed by atoms with E-state index in [1.54, 1.807) is 6.26 Å². The standard InChI is InChI=1S/C16H18Cl2N6O4S2/c1-29-15-20-13(19-14(22-15)23-7-3-2-4-8-23)21-16(25)24(30(26,27)28)12-6-5-10(17)9-11(12)18/h5-6,9H,2-4,7-8H2,1H3,(H,26,27,28)(H,19,20,21,22,25). The van der Waals surface area contributed by atoms with Crippen LogP contribution in [0.2, 0.25) is 10.0 Å². The molecule has 1 aliphatic rings. The molecule has 0 saturated carbocycles. The zero-order valence-electron chi connectivity index (χ0n) is 15.7. The number of aromatic nitrogens is 3. The molecule has 30 heavy (non-hydrogen) atoms. The van der Waals surface area contributed by atoms with Crippen molar-refractivity contribution in [2.75, 3.05) is 33.9 Å². The smallest absolute Gasteiger partial charge is 0.341 e. The van der Waals surface area contributed by atoms with Crippen LogP contribution in [-0.2, 0) is 10.3 Å². The Bertz CT molecular complexity index is 1050. The van der Waals surface area contributed by atoms with E-state index in [2.05, 4.69) is 20.3 Å². The number of nitrogens with zero attached hydrogens (tertiary/aromatic N) is 5. The van der Waals surface area contributed by atoms with Gasteiger partial charge in [0.25, 0.3) is 0 Å². The number of carbonyl (C=O) groups excluding carboxylic acids is 1. The number of carbonyl (C=O) groups is 1. The number of nitrogens with one attached hydrogen (secondary N) is 1. The Hall–Kier alpha value is -1.86. The van der Waals surface area contributed by atoms with Crippen molar-refractivity contribution >= 4 is 68.9 Å². The van der Waals surface area contributed by atoms with Crippen molar-refractivity contribution in [2.24, 2.45) is 0 Å². The Balaban J connectivity index is 1.93. The summed E-state index contributed by atoms with van der Waals surface area (Å²) in [5.74, 6) is 0.228. The van der Waals surface area contributed by atoms with Crippen LogP contribution in [-0.4, -0.2) is 53.3 Å². The molecule has 0 atom stereocenters. The van der Waals surface area contributed by atoms with Crippen molar-refractivity contribution in [1.82, 2.24) is 15.0 Å². The summed E-state index contributed by atoms with van der Waals surface area (Å²) in [6, 6.07) is 2.55. The number of halogens is 2. The molecule has 0 radical (unpaired) electrons. The predicted molar refractivity (Wildman–Crippen MR) is 117 cm³/mol. The van der Waals surface area contributed by atoms with E-state index in [0.717, 1.165) is 32.4 Å². The molecule has 1 saturated heterocycles. The molecule has 0 aliphatic carbocycles. The molecule has 2 aromatic rings. The Labute approximate surface area is 187 Å². The lowest BCUT2D eigenvalue weighted by Crippen LogP contribution is -2.40. The fraction of sp³-hybridized carbons (Fsp3) is 0.375. The summed E-state index contributed by atoms with van der Waals surface area (Å²) in [4.78, 5) is 27.4. The number of hydrogen-bond donors (Lipinski definition) is 2. The molecule has 162 valence electrons. The molecule has 1 aliphatic heterocycles. The molecule has 2 amide bonds. The van der Waals surface area contributed by atoms with E-state index in [0.29, 0.717) is 11.1 Å². The minimum absolute atomic E-state index is 0.106. The van der Waals surface area contributed by atoms with Gasteiger partial charge in [0.05, 0.1) is 10.7 Å². The molecule has 2 heterocycles. The van der Waals surface area contributed by atoms with E-state index in [1.807, 2.05) is 4.90 Å². The average Bonchev–Trinajstić information content (AvgIpc) is 2.69. The first-order valence-electron chi connectivity index (χ1n) is 8.78. The number of thioether (sulfide) groups is 1. The van der Waals surface area contributed by atoms with Gasteiger partial charge in [-0.2, -0.15) is 27.7 Å². The van der Waals surface area contributed by atoms with Crippen molar-refractivity contribution < 1.29 is 17.8 Å². The quantitative estimate of drug-likeness (QED) is 0.473. The third kappa shape index (κ3) is 5.43. The molecule has 0 bridgehead atoms. The Morgan fingerprint density at radius 2 is 1.90 bits per heavy atom. The number of hydrogen-bond acceptors (Lipinski definition) is 8. The fourth-order valence-corrected chi connectivity index (χ4v) is 4.42. The summed E-state index contributed by atoms with van der Waals surface area (Å²) in [6.07, 6.45) is 4.87. The summed E-state index contributed by atoms with van der Waals surface area (Å²) >= 11 is 13.1. The number of anilines is 3. The van der Waals surface area contributed by atoms with E-state index in [1.165, 1.54) is 30.0 Å². The largest absolute Gasteiger partial charge is 0.368 e. The second kappa shape index (κ2) is 9.52. The average molecular weight is 493 g/mol. The first-order chi connectivity index (χ1) is 14.2. The van der Waals surface area contributed by atoms with Gasteiger partial charge in [-0.25, -0.2) is 4.79 Å².